The quantitative estimate of drug-likeness (QED) is 0.667. The summed E-state index contributed by atoms with van der Waals surface area (Å²) in [5, 5.41) is 2.67. The molecule has 2 rings (SSSR count). The fourth-order valence-corrected chi connectivity index (χ4v) is 1.99. The molecule has 2 aromatic carbocycles. The minimum Gasteiger partial charge on any atom is -0.397 e. The molecule has 0 bridgehead atoms. The fourth-order valence-electron chi connectivity index (χ4n) is 1.99. The van der Waals surface area contributed by atoms with Crippen molar-refractivity contribution < 1.29 is 4.79 Å². The second-order valence-corrected chi connectivity index (χ2v) is 4.49. The van der Waals surface area contributed by atoms with Crippen LogP contribution in [0.5, 0.6) is 0 Å². The number of para-hydroxylation sites is 2. The van der Waals surface area contributed by atoms with E-state index in [2.05, 4.69) is 11.2 Å². The Hall–Kier alpha value is -2.93. The number of nitrogen functional groups attached to an aromatic ring is 1. The molecule has 0 aliphatic carbocycles. The van der Waals surface area contributed by atoms with Gasteiger partial charge in [-0.05, 0) is 17.7 Å². The molecule has 106 valence electrons. The van der Waals surface area contributed by atoms with Crippen LogP contribution in [0.15, 0.2) is 54.6 Å². The van der Waals surface area contributed by atoms with Gasteiger partial charge in [0.2, 0.25) is 0 Å². The Morgan fingerprint density at radius 2 is 1.81 bits per heavy atom. The van der Waals surface area contributed by atoms with Crippen LogP contribution < -0.4 is 16.0 Å². The molecule has 0 saturated heterocycles. The van der Waals surface area contributed by atoms with E-state index in [0.29, 0.717) is 17.9 Å². The van der Waals surface area contributed by atoms with Crippen LogP contribution in [-0.4, -0.2) is 12.6 Å². The first kappa shape index (κ1) is 14.5. The van der Waals surface area contributed by atoms with Gasteiger partial charge in [0.05, 0.1) is 24.5 Å². The maximum atomic E-state index is 12.3. The van der Waals surface area contributed by atoms with Crippen LogP contribution in [-0.2, 0) is 6.54 Å². The van der Waals surface area contributed by atoms with Gasteiger partial charge in [-0.2, -0.15) is 0 Å². The number of nitrogens with zero attached hydrogens (tertiary/aromatic N) is 1. The van der Waals surface area contributed by atoms with E-state index in [1.165, 1.54) is 0 Å². The van der Waals surface area contributed by atoms with Crippen molar-refractivity contribution >= 4 is 17.4 Å². The maximum Gasteiger partial charge on any atom is 0.323 e. The maximum absolute atomic E-state index is 12.3. The Morgan fingerprint density at radius 1 is 1.14 bits per heavy atom. The lowest BCUT2D eigenvalue weighted by Crippen LogP contribution is -2.40. The van der Waals surface area contributed by atoms with E-state index < -0.39 is 0 Å². The number of amides is 2. The van der Waals surface area contributed by atoms with Crippen molar-refractivity contribution in [1.82, 2.24) is 5.32 Å². The van der Waals surface area contributed by atoms with E-state index in [9.17, 15) is 4.79 Å². The predicted octanol–water partition coefficient (Wildman–Crippen LogP) is 2.62. The van der Waals surface area contributed by atoms with Crippen molar-refractivity contribution in [2.24, 2.45) is 0 Å². The molecular formula is C17H17N3O. The first-order chi connectivity index (χ1) is 10.2. The third-order valence-corrected chi connectivity index (χ3v) is 3.00. The van der Waals surface area contributed by atoms with Crippen molar-refractivity contribution in [3.8, 4) is 12.3 Å². The summed E-state index contributed by atoms with van der Waals surface area (Å²) in [4.78, 5) is 13.9. The molecule has 0 atom stereocenters. The third kappa shape index (κ3) is 3.77. The first-order valence-corrected chi connectivity index (χ1v) is 6.59. The molecule has 0 radical (unpaired) electrons. The van der Waals surface area contributed by atoms with Crippen LogP contribution >= 0.6 is 0 Å². The summed E-state index contributed by atoms with van der Waals surface area (Å²) in [6, 6.07) is 16.7. The van der Waals surface area contributed by atoms with Crippen LogP contribution in [0.4, 0.5) is 16.2 Å². The summed E-state index contributed by atoms with van der Waals surface area (Å²) in [5.41, 5.74) is 8.20. The Kier molecular flexibility index (Phi) is 4.84. The Balaban J connectivity index is 2.29. The molecule has 0 spiro atoms. The lowest BCUT2D eigenvalue weighted by atomic mass is 10.2. The van der Waals surface area contributed by atoms with Gasteiger partial charge in [-0.1, -0.05) is 48.4 Å². The summed E-state index contributed by atoms with van der Waals surface area (Å²) < 4.78 is 0. The van der Waals surface area contributed by atoms with Gasteiger partial charge in [0.25, 0.3) is 0 Å². The summed E-state index contributed by atoms with van der Waals surface area (Å²) in [6.07, 6.45) is 5.19. The number of hydrogen-bond donors (Lipinski definition) is 2. The van der Waals surface area contributed by atoms with Crippen LogP contribution in [0.3, 0.4) is 0 Å². The molecule has 0 saturated carbocycles. The molecule has 0 aliphatic rings. The summed E-state index contributed by atoms with van der Waals surface area (Å²) in [5.74, 6) is 2.39. The van der Waals surface area contributed by atoms with Gasteiger partial charge in [0.1, 0.15) is 0 Å². The molecule has 0 heterocycles. The third-order valence-electron chi connectivity index (χ3n) is 3.00. The van der Waals surface area contributed by atoms with Gasteiger partial charge >= 0.3 is 6.03 Å². The monoisotopic (exact) mass is 279 g/mol. The normalized spacial score (nSPS) is 9.67. The molecule has 0 aromatic heterocycles. The van der Waals surface area contributed by atoms with E-state index in [4.69, 9.17) is 12.2 Å². The lowest BCUT2D eigenvalue weighted by Gasteiger charge is -2.24. The highest BCUT2D eigenvalue weighted by Gasteiger charge is 2.17. The van der Waals surface area contributed by atoms with Crippen LogP contribution in [0, 0.1) is 12.3 Å². The van der Waals surface area contributed by atoms with Crippen LogP contribution in [0.2, 0.25) is 0 Å². The highest BCUT2D eigenvalue weighted by atomic mass is 16.2. The molecule has 0 fully saturated rings. The second-order valence-electron chi connectivity index (χ2n) is 4.49. The van der Waals surface area contributed by atoms with E-state index in [0.717, 1.165) is 5.56 Å². The van der Waals surface area contributed by atoms with Gasteiger partial charge in [-0.3, -0.25) is 4.90 Å². The lowest BCUT2D eigenvalue weighted by molar-refractivity contribution is 0.247. The van der Waals surface area contributed by atoms with Crippen LogP contribution in [0.1, 0.15) is 5.56 Å². The molecule has 0 unspecified atom stereocenters. The minimum absolute atomic E-state index is 0.177. The van der Waals surface area contributed by atoms with Crippen molar-refractivity contribution in [2.45, 2.75) is 6.54 Å². The molecule has 4 nitrogen and oxygen atoms in total. The highest BCUT2D eigenvalue weighted by Crippen LogP contribution is 2.24. The Morgan fingerprint density at radius 3 is 2.48 bits per heavy atom. The Bertz CT molecular complexity index is 647. The average Bonchev–Trinajstić information content (AvgIpc) is 2.52. The number of rotatable bonds is 4. The fraction of sp³-hybridized carbons (Fsp3) is 0.118. The van der Waals surface area contributed by atoms with E-state index in [-0.39, 0.29) is 12.6 Å². The number of carbonyl (C=O) groups excluding carboxylic acids is 1. The molecule has 21 heavy (non-hydrogen) atoms. The number of carbonyl (C=O) groups is 1. The zero-order chi connectivity index (χ0) is 15.1. The molecular weight excluding hydrogens is 262 g/mol. The number of terminal acetylenes is 1. The van der Waals surface area contributed by atoms with Crippen molar-refractivity contribution in [3.63, 3.8) is 0 Å². The standard InChI is InChI=1S/C17H17N3O/c1-2-12-19-17(21)20(13-14-8-4-3-5-9-14)16-11-7-6-10-15(16)18/h1,3-11H,12-13,18H2,(H,19,21). The van der Waals surface area contributed by atoms with Crippen LogP contribution in [0.25, 0.3) is 0 Å². The Labute approximate surface area is 124 Å². The molecule has 0 aliphatic heterocycles. The van der Waals surface area contributed by atoms with Crippen molar-refractivity contribution in [3.05, 3.63) is 60.2 Å². The predicted molar refractivity (Wildman–Crippen MR) is 85.7 cm³/mol. The van der Waals surface area contributed by atoms with E-state index >= 15 is 0 Å². The van der Waals surface area contributed by atoms with Gasteiger partial charge in [0, 0.05) is 0 Å². The van der Waals surface area contributed by atoms with Gasteiger partial charge in [0.15, 0.2) is 0 Å². The molecule has 3 N–H and O–H groups in total. The van der Waals surface area contributed by atoms with E-state index in [1.54, 1.807) is 11.0 Å². The summed E-state index contributed by atoms with van der Waals surface area (Å²) in [7, 11) is 0. The highest BCUT2D eigenvalue weighted by molar-refractivity contribution is 5.95. The minimum atomic E-state index is -0.269. The topological polar surface area (TPSA) is 58.4 Å². The number of hydrogen-bond acceptors (Lipinski definition) is 2. The number of nitrogens with one attached hydrogen (secondary N) is 1. The van der Waals surface area contributed by atoms with Gasteiger partial charge < -0.3 is 11.1 Å². The molecule has 4 heteroatoms. The van der Waals surface area contributed by atoms with Gasteiger partial charge in [-0.15, -0.1) is 6.42 Å². The molecule has 2 amide bonds. The SMILES string of the molecule is C#CCNC(=O)N(Cc1ccccc1)c1ccccc1N. The van der Waals surface area contributed by atoms with Gasteiger partial charge in [-0.25, -0.2) is 4.79 Å². The number of urea groups is 1. The smallest absolute Gasteiger partial charge is 0.323 e. The number of benzene rings is 2. The zero-order valence-electron chi connectivity index (χ0n) is 11.6. The van der Waals surface area contributed by atoms with E-state index in [1.807, 2.05) is 48.5 Å². The zero-order valence-corrected chi connectivity index (χ0v) is 11.6. The number of nitrogens with two attached hydrogens (primary N) is 1. The van der Waals surface area contributed by atoms with Crippen molar-refractivity contribution in [2.75, 3.05) is 17.2 Å². The second kappa shape index (κ2) is 7.01. The first-order valence-electron chi connectivity index (χ1n) is 6.59. The van der Waals surface area contributed by atoms with Crippen molar-refractivity contribution in [1.29, 1.82) is 0 Å². The summed E-state index contributed by atoms with van der Waals surface area (Å²) in [6.45, 7) is 0.600. The molecule has 2 aromatic rings. The largest absolute Gasteiger partial charge is 0.397 e. The number of anilines is 2. The average molecular weight is 279 g/mol. The summed E-state index contributed by atoms with van der Waals surface area (Å²) >= 11 is 0.